The molecule has 1 N–H and O–H groups in total. The van der Waals surface area contributed by atoms with Crippen molar-refractivity contribution in [1.29, 1.82) is 0 Å². The lowest BCUT2D eigenvalue weighted by atomic mass is 10.0. The van der Waals surface area contributed by atoms with Gasteiger partial charge in [0.1, 0.15) is 11.6 Å². The molecule has 0 aliphatic carbocycles. The maximum atomic E-state index is 10.3. The molecular weight excluding hydrogens is 371 g/mol. The number of rotatable bonds is 5. The van der Waals surface area contributed by atoms with E-state index in [1.165, 1.54) is 0 Å². The predicted molar refractivity (Wildman–Crippen MR) is 107 cm³/mol. The molecule has 0 radical (unpaired) electrons. The number of benzene rings is 2. The first-order chi connectivity index (χ1) is 12.2. The highest BCUT2D eigenvalue weighted by Gasteiger charge is 2.25. The van der Waals surface area contributed by atoms with Gasteiger partial charge in [0.25, 0.3) is 0 Å². The van der Waals surface area contributed by atoms with Crippen molar-refractivity contribution in [3.63, 3.8) is 0 Å². The van der Waals surface area contributed by atoms with Gasteiger partial charge in [-0.15, -0.1) is 0 Å². The molecule has 0 aromatic heterocycles. The summed E-state index contributed by atoms with van der Waals surface area (Å²) in [6.07, 6.45) is 0.447. The molecule has 2 aromatic carbocycles. The van der Waals surface area contributed by atoms with E-state index in [0.717, 1.165) is 22.6 Å². The second kappa shape index (κ2) is 7.47. The van der Waals surface area contributed by atoms with Gasteiger partial charge in [0.15, 0.2) is 0 Å². The van der Waals surface area contributed by atoms with E-state index in [0.29, 0.717) is 35.3 Å². The monoisotopic (exact) mass is 392 g/mol. The summed E-state index contributed by atoms with van der Waals surface area (Å²) in [5, 5.41) is 11.5. The number of methoxy groups -OCH3 is 1. The van der Waals surface area contributed by atoms with E-state index in [1.54, 1.807) is 21.0 Å². The Morgan fingerprint density at radius 3 is 2.62 bits per heavy atom. The minimum absolute atomic E-state index is 0.447. The average molecular weight is 393 g/mol. The number of hydrogen-bond acceptors (Lipinski definition) is 4. The smallest absolute Gasteiger partial charge is 0.137 e. The maximum Gasteiger partial charge on any atom is 0.137 e. The highest BCUT2D eigenvalue weighted by molar-refractivity contribution is 6.32. The van der Waals surface area contributed by atoms with Crippen molar-refractivity contribution >= 4 is 34.7 Å². The summed E-state index contributed by atoms with van der Waals surface area (Å²) < 4.78 is 5.22. The molecule has 0 saturated heterocycles. The first-order valence-electron chi connectivity index (χ1n) is 8.41. The van der Waals surface area contributed by atoms with E-state index >= 15 is 0 Å². The predicted octanol–water partition coefficient (Wildman–Crippen LogP) is 5.21. The zero-order valence-corrected chi connectivity index (χ0v) is 16.6. The topological polar surface area (TPSA) is 45.1 Å². The Bertz CT molecular complexity index is 844. The largest absolute Gasteiger partial charge is 0.495 e. The molecule has 0 amide bonds. The van der Waals surface area contributed by atoms with Crippen LogP contribution in [0.3, 0.4) is 0 Å². The van der Waals surface area contributed by atoms with Gasteiger partial charge in [0.05, 0.1) is 23.4 Å². The summed E-state index contributed by atoms with van der Waals surface area (Å²) >= 11 is 12.4. The van der Waals surface area contributed by atoms with Crippen LogP contribution in [0.25, 0.3) is 0 Å². The fraction of sp³-hybridized carbons (Fsp3) is 0.350. The quantitative estimate of drug-likeness (QED) is 0.759. The standard InChI is InChI=1S/C20H22Cl2N2O2/c1-20(2,25)10-19-23-17-9-15(21)6-5-14(17)12-24(19)11-13-4-7-18(26-3)16(22)8-13/h4-9,25H,10-12H2,1-3H3. The van der Waals surface area contributed by atoms with Crippen molar-refractivity contribution < 1.29 is 9.84 Å². The zero-order valence-electron chi connectivity index (χ0n) is 15.1. The number of aliphatic hydroxyl groups is 1. The van der Waals surface area contributed by atoms with Gasteiger partial charge in [-0.3, -0.25) is 0 Å². The van der Waals surface area contributed by atoms with Crippen LogP contribution >= 0.6 is 23.2 Å². The Hall–Kier alpha value is -1.75. The van der Waals surface area contributed by atoms with Crippen molar-refractivity contribution in [2.24, 2.45) is 4.99 Å². The van der Waals surface area contributed by atoms with E-state index in [1.807, 2.05) is 36.4 Å². The third-order valence-corrected chi connectivity index (χ3v) is 4.73. The molecule has 26 heavy (non-hydrogen) atoms. The molecule has 1 heterocycles. The highest BCUT2D eigenvalue weighted by atomic mass is 35.5. The van der Waals surface area contributed by atoms with E-state index < -0.39 is 5.60 Å². The fourth-order valence-electron chi connectivity index (χ4n) is 3.00. The third kappa shape index (κ3) is 4.50. The number of fused-ring (bicyclic) bond motifs is 1. The summed E-state index contributed by atoms with van der Waals surface area (Å²) in [4.78, 5) is 6.92. The van der Waals surface area contributed by atoms with Crippen LogP contribution in [-0.4, -0.2) is 28.6 Å². The van der Waals surface area contributed by atoms with Crippen molar-refractivity contribution in [1.82, 2.24) is 4.90 Å². The van der Waals surface area contributed by atoms with Gasteiger partial charge in [0, 0.05) is 24.5 Å². The minimum atomic E-state index is -0.856. The highest BCUT2D eigenvalue weighted by Crippen LogP contribution is 2.32. The first-order valence-corrected chi connectivity index (χ1v) is 9.16. The van der Waals surface area contributed by atoms with Crippen LogP contribution in [0, 0.1) is 0 Å². The van der Waals surface area contributed by atoms with Gasteiger partial charge in [0.2, 0.25) is 0 Å². The molecule has 0 unspecified atom stereocenters. The van der Waals surface area contributed by atoms with Gasteiger partial charge >= 0.3 is 0 Å². The number of aliphatic imine (C=N–C) groups is 1. The molecule has 0 fully saturated rings. The zero-order chi connectivity index (χ0) is 18.9. The van der Waals surface area contributed by atoms with Gasteiger partial charge in [-0.25, -0.2) is 4.99 Å². The summed E-state index contributed by atoms with van der Waals surface area (Å²) in [6.45, 7) is 4.91. The Morgan fingerprint density at radius 2 is 1.96 bits per heavy atom. The fourth-order valence-corrected chi connectivity index (χ4v) is 3.44. The second-order valence-corrected chi connectivity index (χ2v) is 7.96. The molecule has 138 valence electrons. The summed E-state index contributed by atoms with van der Waals surface area (Å²) in [5.41, 5.74) is 2.16. The lowest BCUT2D eigenvalue weighted by molar-refractivity contribution is 0.0846. The van der Waals surface area contributed by atoms with Crippen molar-refractivity contribution in [3.05, 3.63) is 57.6 Å². The average Bonchev–Trinajstić information content (AvgIpc) is 2.54. The summed E-state index contributed by atoms with van der Waals surface area (Å²) in [5.74, 6) is 1.48. The van der Waals surface area contributed by atoms with Crippen LogP contribution in [0.4, 0.5) is 5.69 Å². The molecule has 0 atom stereocenters. The molecule has 0 saturated carbocycles. The number of amidine groups is 1. The molecule has 4 nitrogen and oxygen atoms in total. The Balaban J connectivity index is 1.92. The van der Waals surface area contributed by atoms with Crippen LogP contribution in [0.1, 0.15) is 31.4 Å². The summed E-state index contributed by atoms with van der Waals surface area (Å²) in [6, 6.07) is 11.5. The van der Waals surface area contributed by atoms with Crippen LogP contribution in [-0.2, 0) is 13.1 Å². The second-order valence-electron chi connectivity index (χ2n) is 7.12. The van der Waals surface area contributed by atoms with E-state index in [2.05, 4.69) is 4.90 Å². The van der Waals surface area contributed by atoms with Gasteiger partial charge in [-0.05, 0) is 49.2 Å². The lowest BCUT2D eigenvalue weighted by Crippen LogP contribution is -2.37. The van der Waals surface area contributed by atoms with Gasteiger partial charge < -0.3 is 14.7 Å². The van der Waals surface area contributed by atoms with E-state index in [-0.39, 0.29) is 0 Å². The van der Waals surface area contributed by atoms with Crippen molar-refractivity contribution in [3.8, 4) is 5.75 Å². The van der Waals surface area contributed by atoms with Gasteiger partial charge in [-0.2, -0.15) is 0 Å². The summed E-state index contributed by atoms with van der Waals surface area (Å²) in [7, 11) is 1.60. The van der Waals surface area contributed by atoms with Crippen LogP contribution in [0.5, 0.6) is 5.75 Å². The molecule has 1 aliphatic heterocycles. The molecule has 3 rings (SSSR count). The maximum absolute atomic E-state index is 10.3. The molecular formula is C20H22Cl2N2O2. The third-order valence-electron chi connectivity index (χ3n) is 4.20. The van der Waals surface area contributed by atoms with Crippen LogP contribution in [0.2, 0.25) is 10.0 Å². The molecule has 0 bridgehead atoms. The van der Waals surface area contributed by atoms with Crippen LogP contribution in [0.15, 0.2) is 41.4 Å². The number of nitrogens with zero attached hydrogens (tertiary/aromatic N) is 2. The van der Waals surface area contributed by atoms with Gasteiger partial charge in [-0.1, -0.05) is 35.3 Å². The Labute approximate surface area is 164 Å². The van der Waals surface area contributed by atoms with Crippen LogP contribution < -0.4 is 4.74 Å². The Kier molecular flexibility index (Phi) is 5.47. The van der Waals surface area contributed by atoms with Crippen molar-refractivity contribution in [2.75, 3.05) is 7.11 Å². The van der Waals surface area contributed by atoms with E-state index in [9.17, 15) is 5.11 Å². The lowest BCUT2D eigenvalue weighted by Gasteiger charge is -2.33. The number of hydrogen-bond donors (Lipinski definition) is 1. The van der Waals surface area contributed by atoms with Crippen molar-refractivity contribution in [2.45, 2.75) is 39.0 Å². The first kappa shape index (κ1) is 19.0. The number of ether oxygens (including phenoxy) is 1. The number of halogens is 2. The molecule has 0 spiro atoms. The SMILES string of the molecule is COc1ccc(CN2Cc3ccc(Cl)cc3N=C2CC(C)(C)O)cc1Cl. The molecule has 6 heteroatoms. The Morgan fingerprint density at radius 1 is 1.19 bits per heavy atom. The molecule has 2 aromatic rings. The normalized spacial score (nSPS) is 14.1. The minimum Gasteiger partial charge on any atom is -0.495 e. The van der Waals surface area contributed by atoms with E-state index in [4.69, 9.17) is 32.9 Å². The molecule has 1 aliphatic rings.